The van der Waals surface area contributed by atoms with Gasteiger partial charge in [0.05, 0.1) is 6.61 Å². The third kappa shape index (κ3) is 3.47. The molecule has 1 aromatic carbocycles. The van der Waals surface area contributed by atoms with Gasteiger partial charge in [0.25, 0.3) is 0 Å². The largest absolute Gasteiger partial charge is 0.494 e. The fourth-order valence-electron chi connectivity index (χ4n) is 1.30. The van der Waals surface area contributed by atoms with Crippen LogP contribution in [0.2, 0.25) is 0 Å². The summed E-state index contributed by atoms with van der Waals surface area (Å²) in [5.41, 5.74) is 6.94. The van der Waals surface area contributed by atoms with Crippen LogP contribution in [0.1, 0.15) is 19.4 Å². The van der Waals surface area contributed by atoms with Gasteiger partial charge in [-0.1, -0.05) is 12.1 Å². The fraction of sp³-hybridized carbons (Fsp3) is 0.455. The average Bonchev–Trinajstić information content (AvgIpc) is 2.04. The maximum atomic E-state index is 5.71. The Morgan fingerprint density at radius 2 is 2.23 bits per heavy atom. The van der Waals surface area contributed by atoms with E-state index in [-0.39, 0.29) is 6.04 Å². The van der Waals surface area contributed by atoms with Crippen molar-refractivity contribution in [3.05, 3.63) is 29.8 Å². The van der Waals surface area contributed by atoms with Crippen LogP contribution in [0.5, 0.6) is 5.75 Å². The minimum absolute atomic E-state index is 0.205. The Hall–Kier alpha value is -1.02. The number of rotatable bonds is 4. The molecule has 0 aliphatic carbocycles. The summed E-state index contributed by atoms with van der Waals surface area (Å²) in [5.74, 6) is 0.931. The van der Waals surface area contributed by atoms with E-state index in [1.807, 2.05) is 32.0 Å². The zero-order valence-electron chi connectivity index (χ0n) is 8.29. The standard InChI is InChI=1S/C11H17NO/c1-3-13-11-6-4-5-10(8-11)7-9(2)12/h4-6,8-9H,3,7,12H2,1-2H3/t9-/m0/s1. The van der Waals surface area contributed by atoms with Crippen molar-refractivity contribution in [2.45, 2.75) is 26.3 Å². The molecule has 0 saturated heterocycles. The lowest BCUT2D eigenvalue weighted by Gasteiger charge is -2.07. The highest BCUT2D eigenvalue weighted by Crippen LogP contribution is 2.14. The maximum Gasteiger partial charge on any atom is 0.119 e. The molecular weight excluding hydrogens is 162 g/mol. The van der Waals surface area contributed by atoms with Gasteiger partial charge in [-0.3, -0.25) is 0 Å². The van der Waals surface area contributed by atoms with Crippen LogP contribution in [0.4, 0.5) is 0 Å². The lowest BCUT2D eigenvalue weighted by Crippen LogP contribution is -2.17. The maximum absolute atomic E-state index is 5.71. The van der Waals surface area contributed by atoms with Crippen molar-refractivity contribution in [3.8, 4) is 5.75 Å². The lowest BCUT2D eigenvalue weighted by atomic mass is 10.1. The Morgan fingerprint density at radius 1 is 1.46 bits per heavy atom. The van der Waals surface area contributed by atoms with Crippen molar-refractivity contribution in [2.75, 3.05) is 6.61 Å². The minimum atomic E-state index is 0.205. The first-order valence-corrected chi connectivity index (χ1v) is 4.69. The Balaban J connectivity index is 2.67. The van der Waals surface area contributed by atoms with E-state index in [9.17, 15) is 0 Å². The van der Waals surface area contributed by atoms with Crippen molar-refractivity contribution in [1.29, 1.82) is 0 Å². The van der Waals surface area contributed by atoms with Crippen LogP contribution in [0.15, 0.2) is 24.3 Å². The van der Waals surface area contributed by atoms with Gasteiger partial charge in [-0.2, -0.15) is 0 Å². The van der Waals surface area contributed by atoms with Gasteiger partial charge in [-0.25, -0.2) is 0 Å². The summed E-state index contributed by atoms with van der Waals surface area (Å²) in [5, 5.41) is 0. The van der Waals surface area contributed by atoms with Crippen LogP contribution >= 0.6 is 0 Å². The summed E-state index contributed by atoms with van der Waals surface area (Å²) < 4.78 is 5.39. The monoisotopic (exact) mass is 179 g/mol. The number of ether oxygens (including phenoxy) is 1. The van der Waals surface area contributed by atoms with Crippen LogP contribution in [0.25, 0.3) is 0 Å². The molecule has 0 amide bonds. The first kappa shape index (κ1) is 10.1. The molecule has 0 radical (unpaired) electrons. The van der Waals surface area contributed by atoms with E-state index in [1.54, 1.807) is 0 Å². The number of hydrogen-bond acceptors (Lipinski definition) is 2. The number of nitrogens with two attached hydrogens (primary N) is 1. The highest BCUT2D eigenvalue weighted by atomic mass is 16.5. The van der Waals surface area contributed by atoms with Crippen molar-refractivity contribution in [1.82, 2.24) is 0 Å². The summed E-state index contributed by atoms with van der Waals surface area (Å²) in [7, 11) is 0. The molecule has 0 unspecified atom stereocenters. The van der Waals surface area contributed by atoms with Gasteiger partial charge in [0.15, 0.2) is 0 Å². The first-order chi connectivity index (χ1) is 6.22. The lowest BCUT2D eigenvalue weighted by molar-refractivity contribution is 0.340. The highest BCUT2D eigenvalue weighted by molar-refractivity contribution is 5.28. The quantitative estimate of drug-likeness (QED) is 0.767. The Labute approximate surface area is 79.7 Å². The van der Waals surface area contributed by atoms with Gasteiger partial charge in [0.2, 0.25) is 0 Å². The van der Waals surface area contributed by atoms with E-state index in [0.717, 1.165) is 12.2 Å². The number of hydrogen-bond donors (Lipinski definition) is 1. The van der Waals surface area contributed by atoms with Crippen molar-refractivity contribution in [2.24, 2.45) is 5.73 Å². The van der Waals surface area contributed by atoms with Gasteiger partial charge < -0.3 is 10.5 Å². The summed E-state index contributed by atoms with van der Waals surface area (Å²) >= 11 is 0. The second-order valence-corrected chi connectivity index (χ2v) is 3.26. The van der Waals surface area contributed by atoms with E-state index in [2.05, 4.69) is 6.07 Å². The Bertz CT molecular complexity index is 258. The number of benzene rings is 1. The average molecular weight is 179 g/mol. The topological polar surface area (TPSA) is 35.2 Å². The van der Waals surface area contributed by atoms with Crippen molar-refractivity contribution >= 4 is 0 Å². The van der Waals surface area contributed by atoms with E-state index in [0.29, 0.717) is 6.61 Å². The Morgan fingerprint density at radius 3 is 2.85 bits per heavy atom. The molecule has 2 N–H and O–H groups in total. The third-order valence-electron chi connectivity index (χ3n) is 1.77. The van der Waals surface area contributed by atoms with Crippen LogP contribution in [-0.2, 0) is 6.42 Å². The second-order valence-electron chi connectivity index (χ2n) is 3.26. The molecule has 72 valence electrons. The van der Waals surface area contributed by atoms with E-state index in [1.165, 1.54) is 5.56 Å². The predicted molar refractivity (Wildman–Crippen MR) is 55.0 cm³/mol. The van der Waals surface area contributed by atoms with Gasteiger partial charge in [-0.15, -0.1) is 0 Å². The van der Waals surface area contributed by atoms with Crippen LogP contribution in [0, 0.1) is 0 Å². The molecule has 2 heteroatoms. The van der Waals surface area contributed by atoms with Gasteiger partial charge in [0, 0.05) is 6.04 Å². The molecule has 0 aliphatic heterocycles. The second kappa shape index (κ2) is 4.87. The molecule has 0 spiro atoms. The van der Waals surface area contributed by atoms with E-state index >= 15 is 0 Å². The van der Waals surface area contributed by atoms with Crippen molar-refractivity contribution in [3.63, 3.8) is 0 Å². The van der Waals surface area contributed by atoms with E-state index in [4.69, 9.17) is 10.5 Å². The van der Waals surface area contributed by atoms with Crippen molar-refractivity contribution < 1.29 is 4.74 Å². The highest BCUT2D eigenvalue weighted by Gasteiger charge is 1.99. The summed E-state index contributed by atoms with van der Waals surface area (Å²) in [4.78, 5) is 0. The Kier molecular flexibility index (Phi) is 3.77. The zero-order chi connectivity index (χ0) is 9.68. The van der Waals surface area contributed by atoms with E-state index < -0.39 is 0 Å². The molecule has 0 bridgehead atoms. The fourth-order valence-corrected chi connectivity index (χ4v) is 1.30. The third-order valence-corrected chi connectivity index (χ3v) is 1.77. The van der Waals surface area contributed by atoms with Gasteiger partial charge in [-0.05, 0) is 38.0 Å². The zero-order valence-corrected chi connectivity index (χ0v) is 8.29. The molecule has 0 fully saturated rings. The predicted octanol–water partition coefficient (Wildman–Crippen LogP) is 1.98. The molecule has 0 aliphatic rings. The smallest absolute Gasteiger partial charge is 0.119 e. The normalized spacial score (nSPS) is 12.5. The van der Waals surface area contributed by atoms with Gasteiger partial charge >= 0.3 is 0 Å². The van der Waals surface area contributed by atoms with Crippen LogP contribution < -0.4 is 10.5 Å². The minimum Gasteiger partial charge on any atom is -0.494 e. The summed E-state index contributed by atoms with van der Waals surface area (Å²) in [6, 6.07) is 8.30. The van der Waals surface area contributed by atoms with Gasteiger partial charge in [0.1, 0.15) is 5.75 Å². The molecule has 2 nitrogen and oxygen atoms in total. The molecule has 1 aromatic rings. The molecule has 0 heterocycles. The molecule has 13 heavy (non-hydrogen) atoms. The molecule has 1 rings (SSSR count). The SMILES string of the molecule is CCOc1cccc(C[C@H](C)N)c1. The van der Waals surface area contributed by atoms with Crippen LogP contribution in [-0.4, -0.2) is 12.6 Å². The molecule has 0 aromatic heterocycles. The van der Waals surface area contributed by atoms with Crippen LogP contribution in [0.3, 0.4) is 0 Å². The molecule has 1 atom stereocenters. The molecule has 0 saturated carbocycles. The molecular formula is C11H17NO. The first-order valence-electron chi connectivity index (χ1n) is 4.69. The summed E-state index contributed by atoms with van der Waals surface area (Å²) in [6.45, 7) is 4.70. The summed E-state index contributed by atoms with van der Waals surface area (Å²) in [6.07, 6.45) is 0.904.